The highest BCUT2D eigenvalue weighted by Gasteiger charge is 2.28. The molecule has 0 amide bonds. The molecule has 0 atom stereocenters. The summed E-state index contributed by atoms with van der Waals surface area (Å²) in [6.45, 7) is 1.43. The fraction of sp³-hybridized carbons (Fsp3) is 0.700. The fourth-order valence-electron chi connectivity index (χ4n) is 0.497. The fourth-order valence-corrected chi connectivity index (χ4v) is 0.497. The second-order valence-corrected chi connectivity index (χ2v) is 3.24. The number of carboxylic acids is 2. The monoisotopic (exact) mass is 325 g/mol. The van der Waals surface area contributed by atoms with Crippen LogP contribution in [0.2, 0.25) is 0 Å². The van der Waals surface area contributed by atoms with Crippen LogP contribution in [0.1, 0.15) is 32.6 Å². The molecule has 0 spiro atoms. The largest absolute Gasteiger partial charge is 0.481 e. The first-order chi connectivity index (χ1) is 9.25. The molecule has 0 aromatic carbocycles. The predicted octanol–water partition coefficient (Wildman–Crippen LogP) is 3.36. The van der Waals surface area contributed by atoms with Crippen molar-refractivity contribution >= 4 is 11.9 Å². The topological polar surface area (TPSA) is 98.4 Å². The zero-order valence-electron chi connectivity index (χ0n) is 10.8. The van der Waals surface area contributed by atoms with Gasteiger partial charge in [-0.25, -0.2) is 0 Å². The van der Waals surface area contributed by atoms with Crippen molar-refractivity contribution in [3.8, 4) is 6.07 Å². The molecule has 0 aliphatic heterocycles. The summed E-state index contributed by atoms with van der Waals surface area (Å²) in [7, 11) is 0. The molecular weight excluding hydrogens is 312 g/mol. The van der Waals surface area contributed by atoms with Gasteiger partial charge >= 0.3 is 24.3 Å². The molecular formula is C10H13F6NO4. The maximum absolute atomic E-state index is 11.2. The summed E-state index contributed by atoms with van der Waals surface area (Å²) in [5.74, 6) is -2.85. The number of nitrogens with zero attached hydrogens (tertiary/aromatic N) is 1. The molecule has 11 heteroatoms. The Kier molecular flexibility index (Phi) is 13.5. The van der Waals surface area contributed by atoms with Crippen molar-refractivity contribution in [2.45, 2.75) is 45.0 Å². The molecule has 0 bridgehead atoms. The first-order valence-electron chi connectivity index (χ1n) is 5.13. The summed E-state index contributed by atoms with van der Waals surface area (Å²) in [5.41, 5.74) is 0. The molecule has 0 rings (SSSR count). The van der Waals surface area contributed by atoms with E-state index in [1.807, 2.05) is 0 Å². The maximum Gasteiger partial charge on any atom is 0.389 e. The lowest BCUT2D eigenvalue weighted by Gasteiger charge is -2.01. The predicted molar refractivity (Wildman–Crippen MR) is 57.1 cm³/mol. The van der Waals surface area contributed by atoms with Gasteiger partial charge in [0.1, 0.15) is 0 Å². The summed E-state index contributed by atoms with van der Waals surface area (Å²) < 4.78 is 66.9. The van der Waals surface area contributed by atoms with Gasteiger partial charge in [-0.2, -0.15) is 31.6 Å². The van der Waals surface area contributed by atoms with E-state index in [0.29, 0.717) is 0 Å². The van der Waals surface area contributed by atoms with Gasteiger partial charge < -0.3 is 10.2 Å². The van der Waals surface area contributed by atoms with Crippen LogP contribution in [0.3, 0.4) is 0 Å². The van der Waals surface area contributed by atoms with E-state index in [2.05, 4.69) is 0 Å². The summed E-state index contributed by atoms with van der Waals surface area (Å²) in [5, 5.41) is 22.9. The third-order valence-electron chi connectivity index (χ3n) is 1.24. The first kappa shape index (κ1) is 24.1. The lowest BCUT2D eigenvalue weighted by Crippen LogP contribution is -2.09. The zero-order valence-corrected chi connectivity index (χ0v) is 10.8. The van der Waals surface area contributed by atoms with Crippen LogP contribution in [-0.2, 0) is 9.59 Å². The Morgan fingerprint density at radius 3 is 1.14 bits per heavy atom. The van der Waals surface area contributed by atoms with Crippen LogP contribution in [0.25, 0.3) is 0 Å². The van der Waals surface area contributed by atoms with E-state index in [0.717, 1.165) is 0 Å². The van der Waals surface area contributed by atoms with E-state index in [4.69, 9.17) is 15.5 Å². The number of halogens is 6. The number of alkyl halides is 6. The van der Waals surface area contributed by atoms with E-state index >= 15 is 0 Å². The molecule has 5 nitrogen and oxygen atoms in total. The molecule has 0 radical (unpaired) electrons. The minimum atomic E-state index is -4.35. The van der Waals surface area contributed by atoms with E-state index in [1.54, 1.807) is 6.07 Å². The number of rotatable bonds is 4. The molecule has 0 fully saturated rings. The van der Waals surface area contributed by atoms with Crippen LogP contribution in [0.15, 0.2) is 0 Å². The number of carboxylic acid groups (broad SMARTS) is 2. The Balaban J connectivity index is -0.000000260. The molecule has 0 unspecified atom stereocenters. The van der Waals surface area contributed by atoms with Gasteiger partial charge in [0.25, 0.3) is 0 Å². The number of aliphatic carboxylic acids is 2. The minimum absolute atomic E-state index is 0.844. The molecule has 21 heavy (non-hydrogen) atoms. The third-order valence-corrected chi connectivity index (χ3v) is 1.24. The molecule has 124 valence electrons. The quantitative estimate of drug-likeness (QED) is 0.772. The Labute approximate surface area is 115 Å². The second-order valence-electron chi connectivity index (χ2n) is 3.24. The van der Waals surface area contributed by atoms with Crippen molar-refractivity contribution in [2.75, 3.05) is 0 Å². The highest BCUT2D eigenvalue weighted by molar-refractivity contribution is 5.66. The SMILES string of the molecule is CC#N.O=C(O)CCC(F)(F)F.O=C(O)CCC(F)(F)F. The molecule has 0 aliphatic rings. The summed E-state index contributed by atoms with van der Waals surface area (Å²) >= 11 is 0. The molecule has 0 heterocycles. The van der Waals surface area contributed by atoms with Crippen molar-refractivity contribution in [3.05, 3.63) is 0 Å². The van der Waals surface area contributed by atoms with Gasteiger partial charge in [-0.3, -0.25) is 9.59 Å². The smallest absolute Gasteiger partial charge is 0.389 e. The van der Waals surface area contributed by atoms with Crippen molar-refractivity contribution in [3.63, 3.8) is 0 Å². The number of hydrogen-bond donors (Lipinski definition) is 2. The van der Waals surface area contributed by atoms with E-state index in [9.17, 15) is 35.9 Å². The number of hydrogen-bond acceptors (Lipinski definition) is 3. The lowest BCUT2D eigenvalue weighted by atomic mass is 10.3. The standard InChI is InChI=1S/2C4H5F3O2.C2H3N/c2*5-4(6,7)2-1-3(8)9;1-2-3/h2*1-2H2,(H,8,9);1H3. The molecule has 0 aromatic rings. The van der Waals surface area contributed by atoms with E-state index in [-0.39, 0.29) is 0 Å². The summed E-state index contributed by atoms with van der Waals surface area (Å²) in [4.78, 5) is 19.1. The van der Waals surface area contributed by atoms with Crippen molar-refractivity contribution < 1.29 is 46.1 Å². The number of nitriles is 1. The van der Waals surface area contributed by atoms with Gasteiger partial charge in [0, 0.05) is 6.92 Å². The third kappa shape index (κ3) is 46.1. The van der Waals surface area contributed by atoms with Crippen molar-refractivity contribution in [1.29, 1.82) is 5.26 Å². The molecule has 0 aliphatic carbocycles. The average molecular weight is 325 g/mol. The van der Waals surface area contributed by atoms with Crippen LogP contribution in [-0.4, -0.2) is 34.5 Å². The van der Waals surface area contributed by atoms with Gasteiger partial charge in [-0.1, -0.05) is 0 Å². The first-order valence-corrected chi connectivity index (χ1v) is 5.13. The Bertz CT molecular complexity index is 317. The summed E-state index contributed by atoms with van der Waals surface area (Å²) in [6.07, 6.45) is -12.9. The number of carbonyl (C=O) groups is 2. The molecule has 0 saturated carbocycles. The lowest BCUT2D eigenvalue weighted by molar-refractivity contribution is -0.152. The van der Waals surface area contributed by atoms with E-state index < -0.39 is 50.0 Å². The van der Waals surface area contributed by atoms with E-state index in [1.165, 1.54) is 6.92 Å². The minimum Gasteiger partial charge on any atom is -0.481 e. The van der Waals surface area contributed by atoms with Crippen LogP contribution in [0.5, 0.6) is 0 Å². The normalized spacial score (nSPS) is 10.2. The van der Waals surface area contributed by atoms with Gasteiger partial charge in [-0.05, 0) is 0 Å². The van der Waals surface area contributed by atoms with Crippen molar-refractivity contribution in [2.24, 2.45) is 0 Å². The van der Waals surface area contributed by atoms with Gasteiger partial charge in [0.05, 0.1) is 31.8 Å². The average Bonchev–Trinajstić information content (AvgIpc) is 2.24. The Morgan fingerprint density at radius 2 is 1.10 bits per heavy atom. The van der Waals surface area contributed by atoms with Gasteiger partial charge in [0.15, 0.2) is 0 Å². The molecule has 0 saturated heterocycles. The maximum atomic E-state index is 11.2. The molecule has 0 aromatic heterocycles. The zero-order chi connectivity index (χ0) is 17.7. The Morgan fingerprint density at radius 1 is 0.905 bits per heavy atom. The van der Waals surface area contributed by atoms with Crippen LogP contribution < -0.4 is 0 Å². The second kappa shape index (κ2) is 11.8. The van der Waals surface area contributed by atoms with Crippen LogP contribution >= 0.6 is 0 Å². The molecule has 2 N–H and O–H groups in total. The van der Waals surface area contributed by atoms with Crippen LogP contribution in [0.4, 0.5) is 26.3 Å². The summed E-state index contributed by atoms with van der Waals surface area (Å²) in [6, 6.07) is 1.75. The van der Waals surface area contributed by atoms with Gasteiger partial charge in [-0.15, -0.1) is 0 Å². The van der Waals surface area contributed by atoms with Crippen LogP contribution in [0, 0.1) is 11.3 Å². The highest BCUT2D eigenvalue weighted by Crippen LogP contribution is 2.21. The Hall–Kier alpha value is -1.99. The van der Waals surface area contributed by atoms with Gasteiger partial charge in [0.2, 0.25) is 0 Å². The van der Waals surface area contributed by atoms with Crippen molar-refractivity contribution in [1.82, 2.24) is 0 Å². The highest BCUT2D eigenvalue weighted by atomic mass is 19.4.